The average molecular weight is 279 g/mol. The second kappa shape index (κ2) is 6.03. The van der Waals surface area contributed by atoms with E-state index in [0.29, 0.717) is 25.8 Å². The summed E-state index contributed by atoms with van der Waals surface area (Å²) < 4.78 is 13.8. The van der Waals surface area contributed by atoms with Crippen LogP contribution in [-0.4, -0.2) is 23.5 Å². The summed E-state index contributed by atoms with van der Waals surface area (Å²) in [6.07, 6.45) is 1.42. The summed E-state index contributed by atoms with van der Waals surface area (Å²) >= 11 is 0. The lowest BCUT2D eigenvalue weighted by Crippen LogP contribution is -2.36. The number of hydrogen-bond donors (Lipinski definition) is 1. The molecule has 1 aliphatic carbocycles. The molecule has 0 aromatic heterocycles. The Balaban J connectivity index is 2.15. The highest BCUT2D eigenvalue weighted by Crippen LogP contribution is 2.33. The highest BCUT2D eigenvalue weighted by atomic mass is 19.1. The molecule has 0 bridgehead atoms. The van der Waals surface area contributed by atoms with Gasteiger partial charge in [-0.1, -0.05) is 12.1 Å². The van der Waals surface area contributed by atoms with Crippen LogP contribution in [0.2, 0.25) is 0 Å². The van der Waals surface area contributed by atoms with Crippen LogP contribution in [0.15, 0.2) is 24.3 Å². The maximum absolute atomic E-state index is 13.8. The molecule has 1 aromatic rings. The largest absolute Gasteiger partial charge is 0.481 e. The summed E-state index contributed by atoms with van der Waals surface area (Å²) in [5.74, 6) is -2.25. The first-order valence-electron chi connectivity index (χ1n) is 6.83. The van der Waals surface area contributed by atoms with Crippen molar-refractivity contribution in [1.29, 1.82) is 0 Å². The third-order valence-corrected chi connectivity index (χ3v) is 3.86. The zero-order valence-corrected chi connectivity index (χ0v) is 11.4. The van der Waals surface area contributed by atoms with E-state index in [-0.39, 0.29) is 17.5 Å². The Bertz CT molecular complexity index is 518. The predicted octanol–water partition coefficient (Wildman–Crippen LogP) is 2.68. The van der Waals surface area contributed by atoms with Crippen molar-refractivity contribution in [1.82, 2.24) is 0 Å². The molecule has 0 aliphatic heterocycles. The molecule has 0 heterocycles. The van der Waals surface area contributed by atoms with Crippen molar-refractivity contribution in [2.75, 3.05) is 11.4 Å². The van der Waals surface area contributed by atoms with Gasteiger partial charge in [0.05, 0.1) is 11.6 Å². The fourth-order valence-electron chi connectivity index (χ4n) is 2.77. The third kappa shape index (κ3) is 2.81. The Labute approximate surface area is 117 Å². The molecular weight excluding hydrogens is 261 g/mol. The summed E-state index contributed by atoms with van der Waals surface area (Å²) in [6.45, 7) is 2.15. The lowest BCUT2D eigenvalue weighted by Gasteiger charge is -2.24. The minimum atomic E-state index is -0.853. The van der Waals surface area contributed by atoms with Crippen molar-refractivity contribution in [3.05, 3.63) is 30.1 Å². The normalized spacial score (nSPS) is 21.7. The van der Waals surface area contributed by atoms with Crippen LogP contribution >= 0.6 is 0 Å². The Hall–Kier alpha value is -1.91. The van der Waals surface area contributed by atoms with Crippen LogP contribution in [-0.2, 0) is 9.59 Å². The standard InChI is InChI=1S/C15H18FNO3/c1-2-17(13-6-4-3-5-12(13)16)14(18)10-7-8-11(9-10)15(19)20/h3-6,10-11H,2,7-9H2,1H3,(H,19,20)/t10-,11+/m1/s1. The topological polar surface area (TPSA) is 57.6 Å². The van der Waals surface area contributed by atoms with E-state index < -0.39 is 17.7 Å². The minimum absolute atomic E-state index is 0.179. The Morgan fingerprint density at radius 3 is 2.50 bits per heavy atom. The van der Waals surface area contributed by atoms with E-state index in [0.717, 1.165) is 0 Å². The maximum Gasteiger partial charge on any atom is 0.306 e. The monoisotopic (exact) mass is 279 g/mol. The number of amides is 1. The Kier molecular flexibility index (Phi) is 4.37. The van der Waals surface area contributed by atoms with Gasteiger partial charge in [0.1, 0.15) is 5.82 Å². The molecule has 5 heteroatoms. The van der Waals surface area contributed by atoms with E-state index in [2.05, 4.69) is 0 Å². The molecule has 1 saturated carbocycles. The van der Waals surface area contributed by atoms with Crippen LogP contribution in [0, 0.1) is 17.7 Å². The molecular formula is C15H18FNO3. The number of carbonyl (C=O) groups excluding carboxylic acids is 1. The third-order valence-electron chi connectivity index (χ3n) is 3.86. The summed E-state index contributed by atoms with van der Waals surface area (Å²) in [7, 11) is 0. The molecule has 2 atom stereocenters. The minimum Gasteiger partial charge on any atom is -0.481 e. The van der Waals surface area contributed by atoms with Gasteiger partial charge in [0.15, 0.2) is 0 Å². The van der Waals surface area contributed by atoms with Crippen LogP contribution < -0.4 is 4.90 Å². The van der Waals surface area contributed by atoms with Gasteiger partial charge in [0.25, 0.3) is 0 Å². The first kappa shape index (κ1) is 14.5. The van der Waals surface area contributed by atoms with Gasteiger partial charge in [-0.2, -0.15) is 0 Å². The van der Waals surface area contributed by atoms with E-state index >= 15 is 0 Å². The zero-order valence-electron chi connectivity index (χ0n) is 11.4. The molecule has 4 nitrogen and oxygen atoms in total. The van der Waals surface area contributed by atoms with E-state index in [4.69, 9.17) is 5.11 Å². The van der Waals surface area contributed by atoms with Gasteiger partial charge in [-0.05, 0) is 38.3 Å². The number of carboxylic acids is 1. The van der Waals surface area contributed by atoms with Gasteiger partial charge in [0.2, 0.25) is 5.91 Å². The smallest absolute Gasteiger partial charge is 0.306 e. The highest BCUT2D eigenvalue weighted by Gasteiger charge is 2.36. The number of aliphatic carboxylic acids is 1. The number of hydrogen-bond acceptors (Lipinski definition) is 2. The molecule has 0 radical (unpaired) electrons. The molecule has 0 unspecified atom stereocenters. The molecule has 108 valence electrons. The lowest BCUT2D eigenvalue weighted by atomic mass is 10.0. The fraction of sp³-hybridized carbons (Fsp3) is 0.467. The molecule has 1 amide bonds. The zero-order chi connectivity index (χ0) is 14.7. The van der Waals surface area contributed by atoms with Gasteiger partial charge in [-0.15, -0.1) is 0 Å². The maximum atomic E-state index is 13.8. The van der Waals surface area contributed by atoms with Gasteiger partial charge >= 0.3 is 5.97 Å². The summed E-state index contributed by atoms with van der Waals surface area (Å²) in [6, 6.07) is 6.15. The van der Waals surface area contributed by atoms with Crippen LogP contribution in [0.5, 0.6) is 0 Å². The second-order valence-corrected chi connectivity index (χ2v) is 5.08. The molecule has 2 rings (SSSR count). The molecule has 0 spiro atoms. The SMILES string of the molecule is CCN(C(=O)[C@@H]1CC[C@H](C(=O)O)C1)c1ccccc1F. The van der Waals surface area contributed by atoms with E-state index in [1.54, 1.807) is 25.1 Å². The van der Waals surface area contributed by atoms with Gasteiger partial charge in [0, 0.05) is 12.5 Å². The number of nitrogens with zero attached hydrogens (tertiary/aromatic N) is 1. The van der Waals surface area contributed by atoms with Gasteiger partial charge < -0.3 is 10.0 Å². The van der Waals surface area contributed by atoms with Crippen LogP contribution in [0.3, 0.4) is 0 Å². The van der Waals surface area contributed by atoms with Crippen molar-refractivity contribution < 1.29 is 19.1 Å². The van der Waals surface area contributed by atoms with Crippen molar-refractivity contribution >= 4 is 17.6 Å². The van der Waals surface area contributed by atoms with E-state index in [9.17, 15) is 14.0 Å². The second-order valence-electron chi connectivity index (χ2n) is 5.08. The number of rotatable bonds is 4. The van der Waals surface area contributed by atoms with Crippen molar-refractivity contribution in [3.63, 3.8) is 0 Å². The predicted molar refractivity (Wildman–Crippen MR) is 72.9 cm³/mol. The fourth-order valence-corrected chi connectivity index (χ4v) is 2.77. The molecule has 0 saturated heterocycles. The molecule has 1 aromatic carbocycles. The molecule has 1 aliphatic rings. The summed E-state index contributed by atoms with van der Waals surface area (Å²) in [5, 5.41) is 8.98. The van der Waals surface area contributed by atoms with Crippen molar-refractivity contribution in [2.45, 2.75) is 26.2 Å². The summed E-state index contributed by atoms with van der Waals surface area (Å²) in [4.78, 5) is 24.8. The van der Waals surface area contributed by atoms with E-state index in [1.165, 1.54) is 11.0 Å². The highest BCUT2D eigenvalue weighted by molar-refractivity contribution is 5.95. The summed E-state index contributed by atoms with van der Waals surface area (Å²) in [5.41, 5.74) is 0.263. The number of para-hydroxylation sites is 1. The Morgan fingerprint density at radius 2 is 1.95 bits per heavy atom. The van der Waals surface area contributed by atoms with Crippen LogP contribution in [0.25, 0.3) is 0 Å². The van der Waals surface area contributed by atoms with Crippen molar-refractivity contribution in [2.24, 2.45) is 11.8 Å². The quantitative estimate of drug-likeness (QED) is 0.921. The number of benzene rings is 1. The number of anilines is 1. The molecule has 1 N–H and O–H groups in total. The first-order chi connectivity index (χ1) is 9.54. The Morgan fingerprint density at radius 1 is 1.30 bits per heavy atom. The number of carboxylic acid groups (broad SMARTS) is 1. The van der Waals surface area contributed by atoms with E-state index in [1.807, 2.05) is 0 Å². The molecule has 20 heavy (non-hydrogen) atoms. The van der Waals surface area contributed by atoms with Crippen molar-refractivity contribution in [3.8, 4) is 0 Å². The first-order valence-corrected chi connectivity index (χ1v) is 6.83. The van der Waals surface area contributed by atoms with Gasteiger partial charge in [-0.3, -0.25) is 9.59 Å². The lowest BCUT2D eigenvalue weighted by molar-refractivity contribution is -0.141. The number of halogens is 1. The van der Waals surface area contributed by atoms with Crippen LogP contribution in [0.1, 0.15) is 26.2 Å². The van der Waals surface area contributed by atoms with Gasteiger partial charge in [-0.25, -0.2) is 4.39 Å². The van der Waals surface area contributed by atoms with Crippen LogP contribution in [0.4, 0.5) is 10.1 Å². The average Bonchev–Trinajstić information content (AvgIpc) is 2.91. The molecule has 1 fully saturated rings. The number of carbonyl (C=O) groups is 2.